The maximum absolute atomic E-state index is 12.5. The number of benzene rings is 1. The fraction of sp³-hybridized carbons (Fsp3) is 0.364. The minimum absolute atomic E-state index is 0.118. The SMILES string of the molecule is COC(=O)c1ccc(NC(=O)CSc2nc(C)nc3sc4c(c23)CCC(C)C4)cc1. The van der Waals surface area contributed by atoms with Gasteiger partial charge in [-0.2, -0.15) is 0 Å². The van der Waals surface area contributed by atoms with Crippen molar-refractivity contribution in [3.05, 3.63) is 46.1 Å². The molecule has 2 heterocycles. The van der Waals surface area contributed by atoms with Gasteiger partial charge in [-0.3, -0.25) is 4.79 Å². The van der Waals surface area contributed by atoms with Crippen LogP contribution in [0.3, 0.4) is 0 Å². The van der Waals surface area contributed by atoms with Crippen LogP contribution >= 0.6 is 23.1 Å². The predicted molar refractivity (Wildman–Crippen MR) is 120 cm³/mol. The van der Waals surface area contributed by atoms with Crippen LogP contribution in [0.2, 0.25) is 0 Å². The molecule has 1 N–H and O–H groups in total. The van der Waals surface area contributed by atoms with Gasteiger partial charge in [0.15, 0.2) is 0 Å². The van der Waals surface area contributed by atoms with Gasteiger partial charge in [0, 0.05) is 16.0 Å². The van der Waals surface area contributed by atoms with E-state index in [1.165, 1.54) is 35.7 Å². The number of thiophene rings is 1. The average Bonchev–Trinajstić information content (AvgIpc) is 3.08. The number of esters is 1. The van der Waals surface area contributed by atoms with Crippen LogP contribution in [0, 0.1) is 12.8 Å². The van der Waals surface area contributed by atoms with E-state index in [0.29, 0.717) is 17.2 Å². The van der Waals surface area contributed by atoms with Crippen LogP contribution in [-0.2, 0) is 22.4 Å². The number of carbonyl (C=O) groups excluding carboxylic acids is 2. The number of aromatic nitrogens is 2. The molecule has 0 fully saturated rings. The molecule has 156 valence electrons. The van der Waals surface area contributed by atoms with Crippen molar-refractivity contribution >= 4 is 50.9 Å². The molecule has 0 aliphatic heterocycles. The van der Waals surface area contributed by atoms with Crippen LogP contribution in [0.1, 0.15) is 40.0 Å². The van der Waals surface area contributed by atoms with Gasteiger partial charge in [-0.1, -0.05) is 18.7 Å². The summed E-state index contributed by atoms with van der Waals surface area (Å²) < 4.78 is 4.69. The third-order valence-electron chi connectivity index (χ3n) is 5.16. The van der Waals surface area contributed by atoms with Crippen molar-refractivity contribution in [2.45, 2.75) is 38.1 Å². The van der Waals surface area contributed by atoms with Gasteiger partial charge in [0.05, 0.1) is 18.4 Å². The number of hydrogen-bond acceptors (Lipinski definition) is 7. The largest absolute Gasteiger partial charge is 0.465 e. The Morgan fingerprint density at radius 1 is 1.27 bits per heavy atom. The normalized spacial score (nSPS) is 15.6. The first-order valence-corrected chi connectivity index (χ1v) is 11.6. The summed E-state index contributed by atoms with van der Waals surface area (Å²) in [6.45, 7) is 4.19. The number of methoxy groups -OCH3 is 1. The Labute approximate surface area is 183 Å². The molecule has 3 aromatic rings. The van der Waals surface area contributed by atoms with E-state index >= 15 is 0 Å². The third-order valence-corrected chi connectivity index (χ3v) is 7.29. The molecule has 0 spiro atoms. The van der Waals surface area contributed by atoms with Crippen molar-refractivity contribution in [1.29, 1.82) is 0 Å². The molecule has 8 heteroatoms. The molecule has 1 aliphatic rings. The summed E-state index contributed by atoms with van der Waals surface area (Å²) in [5, 5.41) is 4.89. The summed E-state index contributed by atoms with van der Waals surface area (Å²) in [5.74, 6) is 1.17. The van der Waals surface area contributed by atoms with Crippen LogP contribution < -0.4 is 5.32 Å². The summed E-state index contributed by atoms with van der Waals surface area (Å²) in [7, 11) is 1.34. The molecule has 1 atom stereocenters. The number of hydrogen-bond donors (Lipinski definition) is 1. The Morgan fingerprint density at radius 3 is 2.77 bits per heavy atom. The standard InChI is InChI=1S/C22H23N3O3S2/c1-12-4-9-16-17(10-12)30-21-19(16)20(23-13(2)24-21)29-11-18(26)25-15-7-5-14(6-8-15)22(27)28-3/h5-8,12H,4,9-11H2,1-3H3,(H,25,26). The minimum atomic E-state index is -0.403. The smallest absolute Gasteiger partial charge is 0.337 e. The maximum atomic E-state index is 12.5. The Morgan fingerprint density at radius 2 is 2.03 bits per heavy atom. The fourth-order valence-electron chi connectivity index (χ4n) is 3.65. The molecule has 2 aromatic heterocycles. The molecule has 1 aromatic carbocycles. The third kappa shape index (κ3) is 4.34. The first kappa shape index (κ1) is 20.8. The quantitative estimate of drug-likeness (QED) is 0.353. The summed E-state index contributed by atoms with van der Waals surface area (Å²) in [5.41, 5.74) is 2.45. The lowest BCUT2D eigenvalue weighted by Gasteiger charge is -2.18. The molecule has 1 amide bonds. The number of nitrogens with zero attached hydrogens (tertiary/aromatic N) is 2. The van der Waals surface area contributed by atoms with E-state index in [9.17, 15) is 9.59 Å². The van der Waals surface area contributed by atoms with Gasteiger partial charge >= 0.3 is 5.97 Å². The van der Waals surface area contributed by atoms with Crippen molar-refractivity contribution in [2.75, 3.05) is 18.2 Å². The number of anilines is 1. The number of nitrogens with one attached hydrogen (secondary N) is 1. The van der Waals surface area contributed by atoms with Gasteiger partial charge in [0.2, 0.25) is 5.91 Å². The highest BCUT2D eigenvalue weighted by Gasteiger charge is 2.24. The minimum Gasteiger partial charge on any atom is -0.465 e. The first-order valence-electron chi connectivity index (χ1n) is 9.84. The summed E-state index contributed by atoms with van der Waals surface area (Å²) in [6, 6.07) is 6.64. The Balaban J connectivity index is 1.48. The molecule has 0 saturated heterocycles. The highest BCUT2D eigenvalue weighted by Crippen LogP contribution is 2.40. The van der Waals surface area contributed by atoms with E-state index in [0.717, 1.165) is 33.9 Å². The van der Waals surface area contributed by atoms with Crippen molar-refractivity contribution < 1.29 is 14.3 Å². The highest BCUT2D eigenvalue weighted by atomic mass is 32.2. The zero-order valence-electron chi connectivity index (χ0n) is 17.2. The Bertz CT molecular complexity index is 1110. The summed E-state index contributed by atoms with van der Waals surface area (Å²) in [6.07, 6.45) is 3.33. The van der Waals surface area contributed by atoms with Gasteiger partial charge in [0.25, 0.3) is 0 Å². The Hall–Kier alpha value is -2.45. The summed E-state index contributed by atoms with van der Waals surface area (Å²) >= 11 is 3.22. The van der Waals surface area contributed by atoms with Gasteiger partial charge in [-0.25, -0.2) is 14.8 Å². The molecule has 0 radical (unpaired) electrons. The van der Waals surface area contributed by atoms with E-state index in [-0.39, 0.29) is 11.7 Å². The molecule has 0 saturated carbocycles. The maximum Gasteiger partial charge on any atom is 0.337 e. The van der Waals surface area contributed by atoms with Crippen LogP contribution in [0.5, 0.6) is 0 Å². The van der Waals surface area contributed by atoms with E-state index in [2.05, 4.69) is 26.9 Å². The van der Waals surface area contributed by atoms with Crippen LogP contribution in [0.25, 0.3) is 10.2 Å². The van der Waals surface area contributed by atoms with Gasteiger partial charge in [0.1, 0.15) is 15.7 Å². The number of ether oxygens (including phenoxy) is 1. The van der Waals surface area contributed by atoms with E-state index < -0.39 is 5.97 Å². The lowest BCUT2D eigenvalue weighted by atomic mass is 9.89. The topological polar surface area (TPSA) is 81.2 Å². The zero-order chi connectivity index (χ0) is 21.3. The van der Waals surface area contributed by atoms with Gasteiger partial charge in [-0.05, 0) is 61.9 Å². The summed E-state index contributed by atoms with van der Waals surface area (Å²) in [4.78, 5) is 35.7. The number of aryl methyl sites for hydroxylation is 2. The zero-order valence-corrected chi connectivity index (χ0v) is 18.8. The van der Waals surface area contributed by atoms with E-state index in [4.69, 9.17) is 0 Å². The van der Waals surface area contributed by atoms with E-state index in [1.807, 2.05) is 6.92 Å². The molecular formula is C22H23N3O3S2. The number of fused-ring (bicyclic) bond motifs is 3. The molecule has 4 rings (SSSR count). The molecule has 30 heavy (non-hydrogen) atoms. The second-order valence-electron chi connectivity index (χ2n) is 7.51. The lowest BCUT2D eigenvalue weighted by molar-refractivity contribution is -0.113. The molecule has 1 aliphatic carbocycles. The number of thioether (sulfide) groups is 1. The molecule has 6 nitrogen and oxygen atoms in total. The number of rotatable bonds is 5. The number of carbonyl (C=O) groups is 2. The van der Waals surface area contributed by atoms with Crippen molar-refractivity contribution in [3.8, 4) is 0 Å². The van der Waals surface area contributed by atoms with Crippen molar-refractivity contribution in [1.82, 2.24) is 9.97 Å². The molecule has 1 unspecified atom stereocenters. The second-order valence-corrected chi connectivity index (χ2v) is 9.56. The fourth-order valence-corrected chi connectivity index (χ4v) is 6.05. The van der Waals surface area contributed by atoms with Crippen LogP contribution in [0.4, 0.5) is 5.69 Å². The highest BCUT2D eigenvalue weighted by molar-refractivity contribution is 8.00. The van der Waals surface area contributed by atoms with Crippen LogP contribution in [-0.4, -0.2) is 34.7 Å². The molecule has 0 bridgehead atoms. The lowest BCUT2D eigenvalue weighted by Crippen LogP contribution is -2.14. The number of amides is 1. The van der Waals surface area contributed by atoms with E-state index in [1.54, 1.807) is 35.6 Å². The predicted octanol–water partition coefficient (Wildman–Crippen LogP) is 4.64. The van der Waals surface area contributed by atoms with Crippen molar-refractivity contribution in [2.24, 2.45) is 5.92 Å². The monoisotopic (exact) mass is 441 g/mol. The first-order chi connectivity index (χ1) is 14.4. The Kier molecular flexibility index (Phi) is 6.06. The second kappa shape index (κ2) is 8.73. The molecular weight excluding hydrogens is 418 g/mol. The average molecular weight is 442 g/mol. The van der Waals surface area contributed by atoms with Crippen molar-refractivity contribution in [3.63, 3.8) is 0 Å². The van der Waals surface area contributed by atoms with Gasteiger partial charge in [-0.15, -0.1) is 11.3 Å². The van der Waals surface area contributed by atoms with Gasteiger partial charge < -0.3 is 10.1 Å². The van der Waals surface area contributed by atoms with Crippen LogP contribution in [0.15, 0.2) is 29.3 Å².